The van der Waals surface area contributed by atoms with Crippen LogP contribution in [-0.4, -0.2) is 40.1 Å². The van der Waals surface area contributed by atoms with E-state index in [0.717, 1.165) is 0 Å². The molecular formula is C13H19N3O4. The van der Waals surface area contributed by atoms with E-state index in [0.29, 0.717) is 31.0 Å². The molecule has 1 aromatic rings. The Balaban J connectivity index is 1.90. The largest absolute Gasteiger partial charge is 0.481 e. The van der Waals surface area contributed by atoms with Crippen LogP contribution in [0.15, 0.2) is 10.6 Å². The van der Waals surface area contributed by atoms with Gasteiger partial charge in [0.1, 0.15) is 5.76 Å². The number of nitrogens with one attached hydrogen (secondary N) is 1. The molecule has 1 saturated heterocycles. The van der Waals surface area contributed by atoms with Gasteiger partial charge < -0.3 is 19.7 Å². The zero-order valence-corrected chi connectivity index (χ0v) is 11.7. The molecule has 110 valence electrons. The van der Waals surface area contributed by atoms with Gasteiger partial charge in [0.25, 0.3) is 0 Å². The molecule has 0 saturated carbocycles. The van der Waals surface area contributed by atoms with Crippen molar-refractivity contribution in [2.24, 2.45) is 5.41 Å². The summed E-state index contributed by atoms with van der Waals surface area (Å²) in [7, 11) is 0. The van der Waals surface area contributed by atoms with Crippen LogP contribution in [0.4, 0.5) is 4.79 Å². The topological polar surface area (TPSA) is 95.7 Å². The van der Waals surface area contributed by atoms with Gasteiger partial charge in [0.05, 0.1) is 18.2 Å². The maximum Gasteiger partial charge on any atom is 0.317 e. The molecule has 1 fully saturated rings. The molecule has 7 heteroatoms. The van der Waals surface area contributed by atoms with Crippen LogP contribution in [0.3, 0.4) is 0 Å². The zero-order chi connectivity index (χ0) is 14.8. The van der Waals surface area contributed by atoms with E-state index in [-0.39, 0.29) is 19.1 Å². The normalized spacial score (nSPS) is 22.0. The highest BCUT2D eigenvalue weighted by atomic mass is 16.4. The van der Waals surface area contributed by atoms with E-state index < -0.39 is 11.4 Å². The minimum absolute atomic E-state index is 0.204. The molecule has 1 unspecified atom stereocenters. The van der Waals surface area contributed by atoms with Crippen LogP contribution < -0.4 is 5.32 Å². The number of carboxylic acid groups (broad SMARTS) is 1. The van der Waals surface area contributed by atoms with Crippen molar-refractivity contribution in [3.8, 4) is 0 Å². The molecule has 0 bridgehead atoms. The number of rotatable bonds is 4. The Kier molecular flexibility index (Phi) is 3.96. The van der Waals surface area contributed by atoms with E-state index in [1.807, 2.05) is 6.92 Å². The van der Waals surface area contributed by atoms with Crippen LogP contribution in [0.25, 0.3) is 0 Å². The van der Waals surface area contributed by atoms with Gasteiger partial charge >= 0.3 is 12.0 Å². The Morgan fingerprint density at radius 3 is 2.85 bits per heavy atom. The third-order valence-electron chi connectivity index (χ3n) is 3.83. The molecular weight excluding hydrogens is 262 g/mol. The number of aryl methyl sites for hydroxylation is 1. The van der Waals surface area contributed by atoms with E-state index in [9.17, 15) is 14.7 Å². The summed E-state index contributed by atoms with van der Waals surface area (Å²) in [6.07, 6.45) is 2.60. The van der Waals surface area contributed by atoms with Crippen LogP contribution in [0.5, 0.6) is 0 Å². The molecule has 1 aliphatic heterocycles. The molecule has 0 aromatic carbocycles. The lowest BCUT2D eigenvalue weighted by molar-refractivity contribution is -0.148. The van der Waals surface area contributed by atoms with Gasteiger partial charge in [-0.05, 0) is 19.8 Å². The fourth-order valence-corrected chi connectivity index (χ4v) is 2.41. The summed E-state index contributed by atoms with van der Waals surface area (Å²) in [6, 6.07) is -0.280. The molecule has 0 radical (unpaired) electrons. The van der Waals surface area contributed by atoms with Crippen LogP contribution in [-0.2, 0) is 11.3 Å². The molecule has 0 spiro atoms. The van der Waals surface area contributed by atoms with E-state index in [1.165, 1.54) is 4.90 Å². The second-order valence-corrected chi connectivity index (χ2v) is 5.13. The molecule has 7 nitrogen and oxygen atoms in total. The third kappa shape index (κ3) is 2.76. The SMILES string of the molecule is CCC1(C(=O)O)CCN(C(=O)NCc2ncc(C)o2)C1. The van der Waals surface area contributed by atoms with E-state index in [1.54, 1.807) is 13.1 Å². The molecule has 2 heterocycles. The Morgan fingerprint density at radius 2 is 2.35 bits per heavy atom. The van der Waals surface area contributed by atoms with Gasteiger partial charge in [0, 0.05) is 13.1 Å². The van der Waals surface area contributed by atoms with Gasteiger partial charge in [-0.3, -0.25) is 4.79 Å². The predicted octanol–water partition coefficient (Wildman–Crippen LogP) is 1.38. The van der Waals surface area contributed by atoms with E-state index >= 15 is 0 Å². The molecule has 2 rings (SSSR count). The number of likely N-dealkylation sites (tertiary alicyclic amines) is 1. The minimum atomic E-state index is -0.835. The molecule has 0 aliphatic carbocycles. The summed E-state index contributed by atoms with van der Waals surface area (Å²) in [6.45, 7) is 4.52. The summed E-state index contributed by atoms with van der Waals surface area (Å²) in [5.41, 5.74) is -0.809. The highest BCUT2D eigenvalue weighted by Gasteiger charge is 2.44. The standard InChI is InChI=1S/C13H19N3O4/c1-3-13(11(17)18)4-5-16(8-13)12(19)15-7-10-14-6-9(2)20-10/h6H,3-5,7-8H2,1-2H3,(H,15,19)(H,17,18). The second kappa shape index (κ2) is 5.52. The number of carbonyl (C=O) groups is 2. The average molecular weight is 281 g/mol. The fourth-order valence-electron chi connectivity index (χ4n) is 2.41. The van der Waals surface area contributed by atoms with E-state index in [4.69, 9.17) is 4.42 Å². The fraction of sp³-hybridized carbons (Fsp3) is 0.615. The first kappa shape index (κ1) is 14.4. The van der Waals surface area contributed by atoms with Crippen molar-refractivity contribution in [2.45, 2.75) is 33.2 Å². The van der Waals surface area contributed by atoms with Gasteiger partial charge in [-0.2, -0.15) is 0 Å². The molecule has 1 atom stereocenters. The summed E-state index contributed by atoms with van der Waals surface area (Å²) >= 11 is 0. The van der Waals surface area contributed by atoms with Crippen molar-refractivity contribution in [3.05, 3.63) is 17.8 Å². The number of aromatic nitrogens is 1. The van der Waals surface area contributed by atoms with Gasteiger partial charge in [0.2, 0.25) is 5.89 Å². The number of amides is 2. The summed E-state index contributed by atoms with van der Waals surface area (Å²) in [5, 5.41) is 12.0. The Labute approximate surface area is 117 Å². The molecule has 1 aromatic heterocycles. The third-order valence-corrected chi connectivity index (χ3v) is 3.83. The van der Waals surface area contributed by atoms with Gasteiger partial charge in [-0.15, -0.1) is 0 Å². The highest BCUT2D eigenvalue weighted by Crippen LogP contribution is 2.34. The number of hydrogen-bond donors (Lipinski definition) is 2. The number of aliphatic carboxylic acids is 1. The van der Waals surface area contributed by atoms with Gasteiger partial charge in [-0.25, -0.2) is 9.78 Å². The van der Waals surface area contributed by atoms with Crippen molar-refractivity contribution >= 4 is 12.0 Å². The second-order valence-electron chi connectivity index (χ2n) is 5.13. The highest BCUT2D eigenvalue weighted by molar-refractivity contribution is 5.79. The molecule has 2 N–H and O–H groups in total. The maximum absolute atomic E-state index is 12.0. The number of nitrogens with zero attached hydrogens (tertiary/aromatic N) is 2. The summed E-state index contributed by atoms with van der Waals surface area (Å²) < 4.78 is 5.26. The van der Waals surface area contributed by atoms with Gasteiger partial charge in [-0.1, -0.05) is 6.92 Å². The Bertz CT molecular complexity index is 513. The first-order chi connectivity index (χ1) is 9.47. The van der Waals surface area contributed by atoms with Crippen LogP contribution >= 0.6 is 0 Å². The van der Waals surface area contributed by atoms with Crippen LogP contribution in [0.2, 0.25) is 0 Å². The Morgan fingerprint density at radius 1 is 1.60 bits per heavy atom. The maximum atomic E-state index is 12.0. The lowest BCUT2D eigenvalue weighted by Gasteiger charge is -2.23. The van der Waals surface area contributed by atoms with Crippen LogP contribution in [0.1, 0.15) is 31.4 Å². The number of urea groups is 1. The van der Waals surface area contributed by atoms with E-state index in [2.05, 4.69) is 10.3 Å². The summed E-state index contributed by atoms with van der Waals surface area (Å²) in [4.78, 5) is 28.9. The van der Waals surface area contributed by atoms with Crippen molar-refractivity contribution in [2.75, 3.05) is 13.1 Å². The predicted molar refractivity (Wildman–Crippen MR) is 70.0 cm³/mol. The smallest absolute Gasteiger partial charge is 0.317 e. The molecule has 1 aliphatic rings. The first-order valence-electron chi connectivity index (χ1n) is 6.64. The Hall–Kier alpha value is -2.05. The van der Waals surface area contributed by atoms with Crippen molar-refractivity contribution in [1.29, 1.82) is 0 Å². The number of carboxylic acids is 1. The van der Waals surface area contributed by atoms with Crippen molar-refractivity contribution < 1.29 is 19.1 Å². The first-order valence-corrected chi connectivity index (χ1v) is 6.64. The quantitative estimate of drug-likeness (QED) is 0.869. The number of carbonyl (C=O) groups excluding carboxylic acids is 1. The minimum Gasteiger partial charge on any atom is -0.481 e. The number of hydrogen-bond acceptors (Lipinski definition) is 4. The molecule has 20 heavy (non-hydrogen) atoms. The van der Waals surface area contributed by atoms with Crippen molar-refractivity contribution in [1.82, 2.24) is 15.2 Å². The van der Waals surface area contributed by atoms with Crippen LogP contribution in [0, 0.1) is 12.3 Å². The monoisotopic (exact) mass is 281 g/mol. The lowest BCUT2D eigenvalue weighted by atomic mass is 9.84. The van der Waals surface area contributed by atoms with Crippen molar-refractivity contribution in [3.63, 3.8) is 0 Å². The van der Waals surface area contributed by atoms with Gasteiger partial charge in [0.15, 0.2) is 0 Å². The average Bonchev–Trinajstić information content (AvgIpc) is 3.03. The molecule has 2 amide bonds. The summed E-state index contributed by atoms with van der Waals surface area (Å²) in [5.74, 6) is 0.292. The zero-order valence-electron chi connectivity index (χ0n) is 11.7. The lowest BCUT2D eigenvalue weighted by Crippen LogP contribution is -2.41. The number of oxazole rings is 1.